The summed E-state index contributed by atoms with van der Waals surface area (Å²) in [6.07, 6.45) is 25.1. The number of hydrogen-bond acceptors (Lipinski definition) is 2. The Hall–Kier alpha value is -0.790. The van der Waals surface area contributed by atoms with E-state index < -0.39 is 0 Å². The van der Waals surface area contributed by atoms with Crippen molar-refractivity contribution in [2.45, 2.75) is 170 Å². The Bertz CT molecular complexity index is 842. The first-order valence-corrected chi connectivity index (χ1v) is 17.4. The van der Waals surface area contributed by atoms with Crippen LogP contribution in [-0.4, -0.2) is 12.1 Å². The van der Waals surface area contributed by atoms with E-state index in [-0.39, 0.29) is 12.1 Å². The average Bonchev–Trinajstić information content (AvgIpc) is 3.24. The van der Waals surface area contributed by atoms with Crippen LogP contribution < -0.4 is 0 Å². The number of fused-ring (bicyclic) bond motifs is 5. The molecule has 0 saturated heterocycles. The molecule has 0 aromatic carbocycles. The first-order valence-electron chi connectivity index (χ1n) is 17.4. The molecule has 224 valence electrons. The predicted octanol–water partition coefficient (Wildman–Crippen LogP) is 11.1. The third-order valence-electron chi connectivity index (χ3n) is 12.9. The van der Waals surface area contributed by atoms with Gasteiger partial charge in [0.1, 0.15) is 6.10 Å². The molecule has 0 aromatic rings. The van der Waals surface area contributed by atoms with Gasteiger partial charge >= 0.3 is 5.97 Å². The number of carbonyl (C=O) groups excluding carboxylic acids is 1. The molecule has 0 aliphatic heterocycles. The highest BCUT2D eigenvalue weighted by Crippen LogP contribution is 2.72. The Kier molecular flexibility index (Phi) is 10.4. The molecule has 0 aromatic heterocycles. The average molecular weight is 541 g/mol. The standard InChI is InChI=1S/C37H64O2/c1-8-9-10-11-12-13-17-34(38)39-30-21-24-35(5)29(26-30)20-23-37(7)32-19-18-31(28(4)16-14-15-27(2)3)36(32,6)25-22-33(35)37/h20,27-28,30-33H,8-19,21-26H2,1-7H3/t28-,30+,31-,32-,33-,35+,36-,37+/m1/s1. The lowest BCUT2D eigenvalue weighted by Gasteiger charge is -2.63. The first-order chi connectivity index (χ1) is 18.5. The van der Waals surface area contributed by atoms with Crippen molar-refractivity contribution < 1.29 is 9.53 Å². The first kappa shape index (κ1) is 31.2. The Labute approximate surface area is 242 Å². The molecule has 0 N–H and O–H groups in total. The Balaban J connectivity index is 1.36. The number of carbonyl (C=O) groups is 1. The summed E-state index contributed by atoms with van der Waals surface area (Å²) in [6.45, 7) is 17.6. The molecule has 3 fully saturated rings. The van der Waals surface area contributed by atoms with Crippen LogP contribution >= 0.6 is 0 Å². The van der Waals surface area contributed by atoms with Gasteiger partial charge in [0, 0.05) is 12.8 Å². The summed E-state index contributed by atoms with van der Waals surface area (Å²) in [7, 11) is 0. The zero-order chi connectivity index (χ0) is 28.3. The highest BCUT2D eigenvalue weighted by Gasteiger charge is 2.64. The van der Waals surface area contributed by atoms with Gasteiger partial charge in [0.2, 0.25) is 0 Å². The minimum Gasteiger partial charge on any atom is -0.462 e. The SMILES string of the molecule is CCCCCCCCC(=O)O[C@H]1CC[C@@]2(C)C(=CC[C@@]3(C)[C@@H]4CC[C@H]([C@H](C)CCCC(C)C)[C@@]4(C)CC[C@@H]32)C1. The molecule has 4 rings (SSSR count). The maximum absolute atomic E-state index is 12.6. The maximum atomic E-state index is 12.6. The van der Waals surface area contributed by atoms with E-state index in [1.54, 1.807) is 5.57 Å². The van der Waals surface area contributed by atoms with Crippen LogP contribution in [0.5, 0.6) is 0 Å². The topological polar surface area (TPSA) is 26.3 Å². The van der Waals surface area contributed by atoms with Gasteiger partial charge in [-0.15, -0.1) is 0 Å². The smallest absolute Gasteiger partial charge is 0.306 e. The van der Waals surface area contributed by atoms with Crippen LogP contribution in [0.2, 0.25) is 0 Å². The normalized spacial score (nSPS) is 38.5. The molecule has 39 heavy (non-hydrogen) atoms. The van der Waals surface area contributed by atoms with E-state index >= 15 is 0 Å². The van der Waals surface area contributed by atoms with Crippen LogP contribution in [0, 0.1) is 45.8 Å². The van der Waals surface area contributed by atoms with Crippen LogP contribution in [0.1, 0.15) is 164 Å². The fourth-order valence-corrected chi connectivity index (χ4v) is 10.7. The number of ether oxygens (including phenoxy) is 1. The summed E-state index contributed by atoms with van der Waals surface area (Å²) in [5.74, 6) is 4.31. The van der Waals surface area contributed by atoms with Crippen molar-refractivity contribution in [2.75, 3.05) is 0 Å². The molecule has 2 nitrogen and oxygen atoms in total. The van der Waals surface area contributed by atoms with E-state index in [0.29, 0.717) is 22.7 Å². The van der Waals surface area contributed by atoms with Gasteiger partial charge in [-0.3, -0.25) is 4.79 Å². The van der Waals surface area contributed by atoms with Crippen LogP contribution in [-0.2, 0) is 9.53 Å². The van der Waals surface area contributed by atoms with Gasteiger partial charge in [0.05, 0.1) is 0 Å². The van der Waals surface area contributed by atoms with Gasteiger partial charge in [-0.1, -0.05) is 111 Å². The van der Waals surface area contributed by atoms with Crippen molar-refractivity contribution in [1.29, 1.82) is 0 Å². The van der Waals surface area contributed by atoms with Crippen molar-refractivity contribution in [3.05, 3.63) is 11.6 Å². The third kappa shape index (κ3) is 6.51. The highest BCUT2D eigenvalue weighted by atomic mass is 16.5. The summed E-state index contributed by atoms with van der Waals surface area (Å²) < 4.78 is 6.07. The van der Waals surface area contributed by atoms with E-state index in [4.69, 9.17) is 4.74 Å². The highest BCUT2D eigenvalue weighted by molar-refractivity contribution is 5.69. The van der Waals surface area contributed by atoms with Gasteiger partial charge in [0.15, 0.2) is 0 Å². The molecule has 4 aliphatic rings. The number of esters is 1. The van der Waals surface area contributed by atoms with Crippen molar-refractivity contribution in [1.82, 2.24) is 0 Å². The Morgan fingerprint density at radius 1 is 0.872 bits per heavy atom. The number of rotatable bonds is 13. The Morgan fingerprint density at radius 3 is 2.36 bits per heavy atom. The van der Waals surface area contributed by atoms with Crippen molar-refractivity contribution >= 4 is 5.97 Å². The van der Waals surface area contributed by atoms with E-state index in [2.05, 4.69) is 54.5 Å². The van der Waals surface area contributed by atoms with Gasteiger partial charge in [-0.05, 0) is 97.2 Å². The molecule has 4 aliphatic carbocycles. The molecule has 0 radical (unpaired) electrons. The second-order valence-corrected chi connectivity index (χ2v) is 15.9. The molecular formula is C37H64O2. The van der Waals surface area contributed by atoms with Gasteiger partial charge in [-0.25, -0.2) is 0 Å². The van der Waals surface area contributed by atoms with Crippen molar-refractivity contribution in [3.63, 3.8) is 0 Å². The lowest BCUT2D eigenvalue weighted by atomic mass is 9.41. The minimum atomic E-state index is 0.0493. The van der Waals surface area contributed by atoms with Crippen LogP contribution in [0.4, 0.5) is 0 Å². The second-order valence-electron chi connectivity index (χ2n) is 15.9. The monoisotopic (exact) mass is 540 g/mol. The largest absolute Gasteiger partial charge is 0.462 e. The van der Waals surface area contributed by atoms with E-state index in [1.807, 2.05) is 0 Å². The Morgan fingerprint density at radius 2 is 1.62 bits per heavy atom. The van der Waals surface area contributed by atoms with Gasteiger partial charge in [0.25, 0.3) is 0 Å². The molecule has 0 unspecified atom stereocenters. The number of hydrogen-bond donors (Lipinski definition) is 0. The summed E-state index contributed by atoms with van der Waals surface area (Å²) in [5, 5.41) is 0. The van der Waals surface area contributed by atoms with E-state index in [1.165, 1.54) is 89.9 Å². The lowest BCUT2D eigenvalue weighted by molar-refractivity contribution is -0.153. The quantitative estimate of drug-likeness (QED) is 0.132. The third-order valence-corrected chi connectivity index (χ3v) is 12.9. The van der Waals surface area contributed by atoms with E-state index in [9.17, 15) is 4.79 Å². The van der Waals surface area contributed by atoms with Gasteiger partial charge in [-0.2, -0.15) is 0 Å². The molecule has 0 heterocycles. The minimum absolute atomic E-state index is 0.0493. The summed E-state index contributed by atoms with van der Waals surface area (Å²) in [4.78, 5) is 12.6. The van der Waals surface area contributed by atoms with Crippen molar-refractivity contribution in [3.8, 4) is 0 Å². The van der Waals surface area contributed by atoms with Crippen LogP contribution in [0.25, 0.3) is 0 Å². The fraction of sp³-hybridized carbons (Fsp3) is 0.919. The van der Waals surface area contributed by atoms with Gasteiger partial charge < -0.3 is 4.74 Å². The molecule has 0 spiro atoms. The van der Waals surface area contributed by atoms with E-state index in [0.717, 1.165) is 48.9 Å². The predicted molar refractivity (Wildman–Crippen MR) is 166 cm³/mol. The fourth-order valence-electron chi connectivity index (χ4n) is 10.7. The summed E-state index contributed by atoms with van der Waals surface area (Å²) >= 11 is 0. The number of allylic oxidation sites excluding steroid dienone is 1. The zero-order valence-electron chi connectivity index (χ0n) is 27.1. The molecule has 8 atom stereocenters. The molecule has 0 bridgehead atoms. The second kappa shape index (κ2) is 13.0. The number of unbranched alkanes of at least 4 members (excludes halogenated alkanes) is 5. The van der Waals surface area contributed by atoms with Crippen LogP contribution in [0.15, 0.2) is 11.6 Å². The lowest BCUT2D eigenvalue weighted by Crippen LogP contribution is -2.56. The van der Waals surface area contributed by atoms with Crippen LogP contribution in [0.3, 0.4) is 0 Å². The summed E-state index contributed by atoms with van der Waals surface area (Å²) in [6, 6.07) is 0. The molecule has 2 heteroatoms. The summed E-state index contributed by atoms with van der Waals surface area (Å²) in [5.41, 5.74) is 2.89. The molecule has 3 saturated carbocycles. The maximum Gasteiger partial charge on any atom is 0.306 e. The van der Waals surface area contributed by atoms with Crippen molar-refractivity contribution in [2.24, 2.45) is 45.8 Å². The molecule has 0 amide bonds. The zero-order valence-corrected chi connectivity index (χ0v) is 27.1. The molecular weight excluding hydrogens is 476 g/mol.